The molecule has 9 nitrogen and oxygen atoms in total. The van der Waals surface area contributed by atoms with E-state index in [4.69, 9.17) is 4.98 Å². The second-order valence-electron chi connectivity index (χ2n) is 7.06. The average molecular weight is 401 g/mol. The number of amides is 1. The van der Waals surface area contributed by atoms with E-state index in [-0.39, 0.29) is 17.6 Å². The van der Waals surface area contributed by atoms with Crippen molar-refractivity contribution in [3.05, 3.63) is 76.6 Å². The first-order valence-corrected chi connectivity index (χ1v) is 9.66. The lowest BCUT2D eigenvalue weighted by Gasteiger charge is -2.29. The van der Waals surface area contributed by atoms with E-state index >= 15 is 0 Å². The summed E-state index contributed by atoms with van der Waals surface area (Å²) in [5, 5.41) is 2.91. The van der Waals surface area contributed by atoms with Crippen LogP contribution in [0.5, 0.6) is 0 Å². The van der Waals surface area contributed by atoms with E-state index < -0.39 is 0 Å². The van der Waals surface area contributed by atoms with Crippen molar-refractivity contribution < 1.29 is 4.79 Å². The molecular weight excluding hydrogens is 382 g/mol. The maximum absolute atomic E-state index is 12.6. The molecule has 30 heavy (non-hydrogen) atoms. The van der Waals surface area contributed by atoms with E-state index in [1.54, 1.807) is 36.7 Å². The number of hydrogen-bond acceptors (Lipinski definition) is 6. The number of nitrogens with one attached hydrogen (secondary N) is 2. The summed E-state index contributed by atoms with van der Waals surface area (Å²) in [4.78, 5) is 43.4. The van der Waals surface area contributed by atoms with Gasteiger partial charge in [-0.3, -0.25) is 14.8 Å². The minimum atomic E-state index is -0.335. The fraction of sp³-hybridized carbons (Fsp3) is 0.190. The summed E-state index contributed by atoms with van der Waals surface area (Å²) < 4.78 is 1.47. The molecule has 0 fully saturated rings. The van der Waals surface area contributed by atoms with Gasteiger partial charge in [0.05, 0.1) is 22.8 Å². The van der Waals surface area contributed by atoms with Crippen LogP contribution in [0, 0.1) is 0 Å². The summed E-state index contributed by atoms with van der Waals surface area (Å²) in [7, 11) is 0. The van der Waals surface area contributed by atoms with Crippen molar-refractivity contribution in [2.24, 2.45) is 0 Å². The molecule has 1 atom stereocenters. The first kappa shape index (κ1) is 18.0. The van der Waals surface area contributed by atoms with Crippen molar-refractivity contribution in [1.82, 2.24) is 29.8 Å². The third kappa shape index (κ3) is 2.91. The molecule has 4 aromatic rings. The number of aromatic amines is 1. The zero-order chi connectivity index (χ0) is 20.7. The van der Waals surface area contributed by atoms with E-state index in [0.717, 1.165) is 5.69 Å². The van der Waals surface area contributed by atoms with Crippen LogP contribution in [0.1, 0.15) is 29.0 Å². The van der Waals surface area contributed by atoms with Crippen LogP contribution in [0.4, 0.5) is 5.82 Å². The molecule has 0 aromatic carbocycles. The van der Waals surface area contributed by atoms with Crippen LogP contribution in [-0.2, 0) is 0 Å². The SMILES string of the molecule is C[C@@H](c1ccccn1)N1CCNC(=O)c2ccc(-n3c(=O)[nH]c4ncccc43)nc21. The van der Waals surface area contributed by atoms with E-state index in [1.807, 2.05) is 30.0 Å². The van der Waals surface area contributed by atoms with Gasteiger partial charge in [-0.05, 0) is 43.3 Å². The Hall–Kier alpha value is -4.01. The first-order valence-electron chi connectivity index (χ1n) is 9.66. The van der Waals surface area contributed by atoms with Gasteiger partial charge >= 0.3 is 5.69 Å². The summed E-state index contributed by atoms with van der Waals surface area (Å²) >= 11 is 0. The van der Waals surface area contributed by atoms with Crippen LogP contribution in [-0.4, -0.2) is 43.5 Å². The Morgan fingerprint density at radius 3 is 2.73 bits per heavy atom. The highest BCUT2D eigenvalue weighted by molar-refractivity contribution is 5.99. The molecule has 0 bridgehead atoms. The predicted octanol–water partition coefficient (Wildman–Crippen LogP) is 1.81. The van der Waals surface area contributed by atoms with Gasteiger partial charge in [-0.1, -0.05) is 6.07 Å². The van der Waals surface area contributed by atoms with Gasteiger partial charge in [0.1, 0.15) is 11.6 Å². The third-order valence-electron chi connectivity index (χ3n) is 5.28. The number of anilines is 1. The Bertz CT molecular complexity index is 1300. The van der Waals surface area contributed by atoms with E-state index in [0.29, 0.717) is 41.5 Å². The van der Waals surface area contributed by atoms with Gasteiger partial charge in [0.2, 0.25) is 0 Å². The molecule has 0 saturated carbocycles. The van der Waals surface area contributed by atoms with Crippen molar-refractivity contribution in [2.75, 3.05) is 18.0 Å². The van der Waals surface area contributed by atoms with Gasteiger partial charge in [-0.25, -0.2) is 19.3 Å². The number of imidazole rings is 1. The smallest absolute Gasteiger partial charge is 0.333 e. The number of H-pyrrole nitrogens is 1. The van der Waals surface area contributed by atoms with Gasteiger partial charge in [-0.2, -0.15) is 0 Å². The molecule has 1 aliphatic rings. The van der Waals surface area contributed by atoms with Gasteiger partial charge < -0.3 is 10.2 Å². The van der Waals surface area contributed by atoms with Crippen LogP contribution in [0.3, 0.4) is 0 Å². The maximum atomic E-state index is 12.6. The lowest BCUT2D eigenvalue weighted by atomic mass is 10.1. The Balaban J connectivity index is 1.68. The highest BCUT2D eigenvalue weighted by atomic mass is 16.2. The zero-order valence-electron chi connectivity index (χ0n) is 16.2. The fourth-order valence-electron chi connectivity index (χ4n) is 3.78. The van der Waals surface area contributed by atoms with Crippen LogP contribution < -0.4 is 15.9 Å². The Morgan fingerprint density at radius 1 is 1.03 bits per heavy atom. The van der Waals surface area contributed by atoms with E-state index in [9.17, 15) is 9.59 Å². The molecule has 4 aromatic heterocycles. The fourth-order valence-corrected chi connectivity index (χ4v) is 3.78. The van der Waals surface area contributed by atoms with Gasteiger partial charge in [0.25, 0.3) is 5.91 Å². The minimum Gasteiger partial charge on any atom is -0.350 e. The van der Waals surface area contributed by atoms with Crippen molar-refractivity contribution in [3.8, 4) is 5.82 Å². The lowest BCUT2D eigenvalue weighted by Crippen LogP contribution is -2.33. The summed E-state index contributed by atoms with van der Waals surface area (Å²) in [6.07, 6.45) is 3.37. The van der Waals surface area contributed by atoms with Crippen LogP contribution >= 0.6 is 0 Å². The van der Waals surface area contributed by atoms with Gasteiger partial charge in [-0.15, -0.1) is 0 Å². The summed E-state index contributed by atoms with van der Waals surface area (Å²) in [6.45, 7) is 3.08. The molecule has 5 rings (SSSR count). The number of nitrogens with zero attached hydrogens (tertiary/aromatic N) is 5. The molecule has 0 aliphatic carbocycles. The van der Waals surface area contributed by atoms with E-state index in [2.05, 4.69) is 20.3 Å². The highest BCUT2D eigenvalue weighted by Gasteiger charge is 2.27. The molecule has 150 valence electrons. The predicted molar refractivity (Wildman–Crippen MR) is 112 cm³/mol. The molecular formula is C21H19N7O2. The molecule has 1 amide bonds. The Labute approximate surface area is 171 Å². The summed E-state index contributed by atoms with van der Waals surface area (Å²) in [5.41, 5.74) is 2.11. The normalized spacial score (nSPS) is 14.8. The number of hydrogen-bond donors (Lipinski definition) is 2. The molecule has 9 heteroatoms. The largest absolute Gasteiger partial charge is 0.350 e. The Kier molecular flexibility index (Phi) is 4.27. The van der Waals surface area contributed by atoms with Crippen LogP contribution in [0.25, 0.3) is 17.0 Å². The molecule has 0 spiro atoms. The first-order chi connectivity index (χ1) is 14.6. The zero-order valence-corrected chi connectivity index (χ0v) is 16.2. The van der Waals surface area contributed by atoms with Crippen molar-refractivity contribution in [1.29, 1.82) is 0 Å². The number of pyridine rings is 3. The Morgan fingerprint density at radius 2 is 1.90 bits per heavy atom. The number of carbonyl (C=O) groups excluding carboxylic acids is 1. The minimum absolute atomic E-state index is 0.109. The molecule has 1 aliphatic heterocycles. The van der Waals surface area contributed by atoms with Crippen molar-refractivity contribution in [3.63, 3.8) is 0 Å². The van der Waals surface area contributed by atoms with Gasteiger partial charge in [0.15, 0.2) is 5.65 Å². The quantitative estimate of drug-likeness (QED) is 0.542. The number of aromatic nitrogens is 5. The molecule has 0 unspecified atom stereocenters. The second kappa shape index (κ2) is 7.11. The van der Waals surface area contributed by atoms with E-state index in [1.165, 1.54) is 4.57 Å². The monoisotopic (exact) mass is 401 g/mol. The summed E-state index contributed by atoms with van der Waals surface area (Å²) in [6, 6.07) is 12.6. The lowest BCUT2D eigenvalue weighted by molar-refractivity contribution is 0.0957. The average Bonchev–Trinajstić information content (AvgIpc) is 3.02. The second-order valence-corrected chi connectivity index (χ2v) is 7.06. The standard InChI is InChI=1S/C21H19N7O2/c1-13(15-5-2-3-9-22-15)27-12-11-24-20(29)14-7-8-17(25-19(14)27)28-16-6-4-10-23-18(16)26-21(28)30/h2-10,13H,11-12H2,1H3,(H,24,29)(H,23,26,30)/t13-/m0/s1. The number of fused-ring (bicyclic) bond motifs is 2. The molecule has 0 radical (unpaired) electrons. The molecule has 2 N–H and O–H groups in total. The topological polar surface area (TPSA) is 109 Å². The van der Waals surface area contributed by atoms with Crippen LogP contribution in [0.15, 0.2) is 59.7 Å². The third-order valence-corrected chi connectivity index (χ3v) is 5.28. The van der Waals surface area contributed by atoms with Crippen molar-refractivity contribution in [2.45, 2.75) is 13.0 Å². The van der Waals surface area contributed by atoms with Crippen molar-refractivity contribution >= 4 is 22.9 Å². The molecule has 0 saturated heterocycles. The van der Waals surface area contributed by atoms with Gasteiger partial charge in [0, 0.05) is 25.5 Å². The van der Waals surface area contributed by atoms with Crippen LogP contribution in [0.2, 0.25) is 0 Å². The summed E-state index contributed by atoms with van der Waals surface area (Å²) in [5.74, 6) is 0.754. The maximum Gasteiger partial charge on any atom is 0.333 e. The molecule has 5 heterocycles. The highest BCUT2D eigenvalue weighted by Crippen LogP contribution is 2.29. The number of rotatable bonds is 3. The number of carbonyl (C=O) groups is 1.